The minimum absolute atomic E-state index is 0.103. The summed E-state index contributed by atoms with van der Waals surface area (Å²) in [6.07, 6.45) is 4.97. The maximum atomic E-state index is 13.5. The van der Waals surface area contributed by atoms with Crippen LogP contribution in [0.5, 0.6) is 0 Å². The molecule has 1 unspecified atom stereocenters. The summed E-state index contributed by atoms with van der Waals surface area (Å²) in [5.41, 5.74) is 3.61. The number of carbonyl (C=O) groups excluding carboxylic acids is 1. The van der Waals surface area contributed by atoms with E-state index in [-0.39, 0.29) is 29.6 Å². The van der Waals surface area contributed by atoms with Crippen molar-refractivity contribution in [1.29, 1.82) is 0 Å². The van der Waals surface area contributed by atoms with E-state index in [2.05, 4.69) is 53.5 Å². The molecule has 0 radical (unpaired) electrons. The van der Waals surface area contributed by atoms with Gasteiger partial charge in [0.05, 0.1) is 19.3 Å². The predicted octanol–water partition coefficient (Wildman–Crippen LogP) is 3.58. The van der Waals surface area contributed by atoms with Gasteiger partial charge in [-0.05, 0) is 59.9 Å². The van der Waals surface area contributed by atoms with Gasteiger partial charge in [-0.3, -0.25) is 9.80 Å². The fraction of sp³-hybridized carbons (Fsp3) is 0.370. The number of aliphatic hydroxyl groups is 2. The van der Waals surface area contributed by atoms with Crippen LogP contribution in [-0.2, 0) is 16.0 Å². The van der Waals surface area contributed by atoms with Gasteiger partial charge in [-0.15, -0.1) is 11.8 Å². The van der Waals surface area contributed by atoms with Gasteiger partial charge in [0.25, 0.3) is 5.91 Å². The molecule has 3 atom stereocenters. The third-order valence-corrected chi connectivity index (χ3v) is 8.20. The standard InChI is InChI=1S/C27H29N3O4S/c31-22-10-11-29-25(26(22)32)27(33)28-12-13-34-17-23(28)30(29)24-19-7-3-6-18(15-19)5-1-2-14-35-21-9-4-8-20(24)16-21/h3-4,6-11,15-16,22-24,31-32H,1-2,5,12-14,17H2/t22?,23-,24+/m1/s1. The Morgan fingerprint density at radius 2 is 1.89 bits per heavy atom. The average Bonchev–Trinajstić information content (AvgIpc) is 2.88. The van der Waals surface area contributed by atoms with E-state index in [1.54, 1.807) is 16.1 Å². The number of hydrogen-bond acceptors (Lipinski definition) is 7. The van der Waals surface area contributed by atoms with Crippen LogP contribution in [0.3, 0.4) is 0 Å². The molecule has 2 N–H and O–H groups in total. The number of carbonyl (C=O) groups is 1. The largest absolute Gasteiger partial charge is 0.507 e. The van der Waals surface area contributed by atoms with Gasteiger partial charge in [0.1, 0.15) is 12.3 Å². The van der Waals surface area contributed by atoms with Crippen molar-refractivity contribution in [2.24, 2.45) is 0 Å². The molecule has 0 spiro atoms. The van der Waals surface area contributed by atoms with Crippen molar-refractivity contribution in [3.8, 4) is 0 Å². The number of hydrazine groups is 1. The quantitative estimate of drug-likeness (QED) is 0.632. The molecule has 7 nitrogen and oxygen atoms in total. The summed E-state index contributed by atoms with van der Waals surface area (Å²) in [5, 5.41) is 25.0. The fourth-order valence-corrected chi connectivity index (χ4v) is 6.40. The van der Waals surface area contributed by atoms with Gasteiger partial charge in [-0.25, -0.2) is 0 Å². The summed E-state index contributed by atoms with van der Waals surface area (Å²) in [4.78, 5) is 16.5. The lowest BCUT2D eigenvalue weighted by Crippen LogP contribution is -2.67. The lowest BCUT2D eigenvalue weighted by atomic mass is 9.94. The highest BCUT2D eigenvalue weighted by molar-refractivity contribution is 7.99. The van der Waals surface area contributed by atoms with Crippen LogP contribution in [0.4, 0.5) is 0 Å². The number of thioether (sulfide) groups is 1. The molecular weight excluding hydrogens is 462 g/mol. The normalized spacial score (nSPS) is 27.1. The summed E-state index contributed by atoms with van der Waals surface area (Å²) >= 11 is 1.87. The molecule has 0 aliphatic carbocycles. The number of amides is 1. The van der Waals surface area contributed by atoms with Gasteiger partial charge in [0.15, 0.2) is 11.5 Å². The number of hydrogen-bond donors (Lipinski definition) is 2. The monoisotopic (exact) mass is 491 g/mol. The summed E-state index contributed by atoms with van der Waals surface area (Å²) in [6, 6.07) is 17.1. The SMILES string of the molecule is O=C1C2=C(O)C(O)C=CN2N([C@H]2c3cccc(c3)CCCCSc3cccc2c3)[C@@H]2COCCN12. The van der Waals surface area contributed by atoms with E-state index in [1.807, 2.05) is 11.8 Å². The molecule has 6 rings (SSSR count). The van der Waals surface area contributed by atoms with E-state index in [4.69, 9.17) is 4.74 Å². The van der Waals surface area contributed by atoms with Crippen molar-refractivity contribution in [1.82, 2.24) is 14.9 Å². The van der Waals surface area contributed by atoms with E-state index < -0.39 is 6.10 Å². The number of rotatable bonds is 1. The summed E-state index contributed by atoms with van der Waals surface area (Å²) in [6.45, 7) is 1.22. The molecular formula is C27H29N3O4S. The first-order valence-corrected chi connectivity index (χ1v) is 13.2. The van der Waals surface area contributed by atoms with Crippen LogP contribution >= 0.6 is 11.8 Å². The highest BCUT2D eigenvalue weighted by Crippen LogP contribution is 2.41. The summed E-state index contributed by atoms with van der Waals surface area (Å²) in [5.74, 6) is 0.462. The Morgan fingerprint density at radius 3 is 2.77 bits per heavy atom. The second-order valence-electron chi connectivity index (χ2n) is 9.32. The molecule has 2 aromatic carbocycles. The van der Waals surface area contributed by atoms with E-state index in [9.17, 15) is 15.0 Å². The fourth-order valence-electron chi connectivity index (χ4n) is 5.42. The molecule has 2 aromatic rings. The Hall–Kier alpha value is -2.78. The zero-order valence-electron chi connectivity index (χ0n) is 19.4. The van der Waals surface area contributed by atoms with Crippen LogP contribution in [0, 0.1) is 0 Å². The molecule has 8 heteroatoms. The highest BCUT2D eigenvalue weighted by Gasteiger charge is 2.49. The first-order valence-electron chi connectivity index (χ1n) is 12.2. The zero-order valence-corrected chi connectivity index (χ0v) is 20.2. The molecule has 4 bridgehead atoms. The van der Waals surface area contributed by atoms with Gasteiger partial charge in [-0.2, -0.15) is 5.01 Å². The average molecular weight is 492 g/mol. The smallest absolute Gasteiger partial charge is 0.277 e. The van der Waals surface area contributed by atoms with Crippen LogP contribution in [0.1, 0.15) is 35.6 Å². The van der Waals surface area contributed by atoms with E-state index in [0.29, 0.717) is 19.8 Å². The van der Waals surface area contributed by atoms with E-state index in [0.717, 1.165) is 29.7 Å². The van der Waals surface area contributed by atoms with Crippen molar-refractivity contribution in [2.75, 3.05) is 25.5 Å². The third-order valence-electron chi connectivity index (χ3n) is 7.12. The van der Waals surface area contributed by atoms with Crippen molar-refractivity contribution in [2.45, 2.75) is 42.5 Å². The van der Waals surface area contributed by atoms with Crippen LogP contribution in [0.2, 0.25) is 0 Å². The molecule has 35 heavy (non-hydrogen) atoms. The van der Waals surface area contributed by atoms with Crippen molar-refractivity contribution in [3.05, 3.63) is 89.0 Å². The molecule has 2 saturated heterocycles. The Bertz CT molecular complexity index is 1150. The van der Waals surface area contributed by atoms with Crippen molar-refractivity contribution < 1.29 is 19.7 Å². The molecule has 4 aliphatic rings. The minimum Gasteiger partial charge on any atom is -0.507 e. The maximum Gasteiger partial charge on any atom is 0.277 e. The number of aryl methyl sites for hydroxylation is 1. The number of ether oxygens (including phenoxy) is 1. The molecule has 4 aliphatic heterocycles. The van der Waals surface area contributed by atoms with Crippen molar-refractivity contribution >= 4 is 17.7 Å². The second-order valence-corrected chi connectivity index (χ2v) is 10.5. The first kappa shape index (κ1) is 22.7. The van der Waals surface area contributed by atoms with Crippen molar-refractivity contribution in [3.63, 3.8) is 0 Å². The molecule has 182 valence electrons. The Labute approximate surface area is 209 Å². The lowest BCUT2D eigenvalue weighted by molar-refractivity contribution is -0.190. The van der Waals surface area contributed by atoms with Gasteiger partial charge in [-0.1, -0.05) is 36.4 Å². The van der Waals surface area contributed by atoms with Gasteiger partial charge < -0.3 is 19.8 Å². The van der Waals surface area contributed by atoms with Crippen LogP contribution < -0.4 is 0 Å². The highest BCUT2D eigenvalue weighted by atomic mass is 32.2. The topological polar surface area (TPSA) is 76.5 Å². The Morgan fingerprint density at radius 1 is 1.06 bits per heavy atom. The number of fused-ring (bicyclic) bond motifs is 6. The zero-order chi connectivity index (χ0) is 23.9. The molecule has 2 fully saturated rings. The molecule has 1 amide bonds. The van der Waals surface area contributed by atoms with Gasteiger partial charge in [0, 0.05) is 17.6 Å². The first-order chi connectivity index (χ1) is 17.1. The molecule has 4 heterocycles. The van der Waals surface area contributed by atoms with Crippen LogP contribution in [0.15, 0.2) is 77.2 Å². The number of morpholine rings is 1. The van der Waals surface area contributed by atoms with Gasteiger partial charge >= 0.3 is 0 Å². The number of aliphatic hydroxyl groups excluding tert-OH is 2. The Kier molecular flexibility index (Phi) is 6.06. The maximum absolute atomic E-state index is 13.5. The summed E-state index contributed by atoms with van der Waals surface area (Å²) in [7, 11) is 0. The van der Waals surface area contributed by atoms with Crippen LogP contribution in [-0.4, -0.2) is 68.8 Å². The van der Waals surface area contributed by atoms with Gasteiger partial charge in [0.2, 0.25) is 0 Å². The number of nitrogens with zero attached hydrogens (tertiary/aromatic N) is 3. The Balaban J connectivity index is 1.55. The second kappa shape index (κ2) is 9.35. The molecule has 0 saturated carbocycles. The third kappa shape index (κ3) is 4.04. The summed E-state index contributed by atoms with van der Waals surface area (Å²) < 4.78 is 5.87. The van der Waals surface area contributed by atoms with E-state index in [1.165, 1.54) is 23.0 Å². The van der Waals surface area contributed by atoms with Crippen LogP contribution in [0.25, 0.3) is 0 Å². The minimum atomic E-state index is -1.20. The lowest BCUT2D eigenvalue weighted by Gasteiger charge is -2.54. The molecule has 0 aromatic heterocycles. The van der Waals surface area contributed by atoms with E-state index >= 15 is 0 Å². The predicted molar refractivity (Wildman–Crippen MR) is 133 cm³/mol. The number of benzene rings is 2.